The predicted octanol–water partition coefficient (Wildman–Crippen LogP) is 1.33. The second kappa shape index (κ2) is 6.82. The molecule has 0 bridgehead atoms. The Labute approximate surface area is 98.1 Å². The summed E-state index contributed by atoms with van der Waals surface area (Å²) >= 11 is 3.00. The van der Waals surface area contributed by atoms with Crippen LogP contribution in [0.5, 0.6) is 0 Å². The first-order chi connectivity index (χ1) is 7.24. The summed E-state index contributed by atoms with van der Waals surface area (Å²) < 4.78 is 4.85. The molecule has 0 aliphatic carbocycles. The van der Waals surface area contributed by atoms with Crippen LogP contribution in [-0.2, 0) is 14.3 Å². The van der Waals surface area contributed by atoms with Crippen LogP contribution >= 0.6 is 15.9 Å². The van der Waals surface area contributed by atoms with Crippen molar-refractivity contribution in [1.82, 2.24) is 4.90 Å². The molecule has 1 amide bonds. The van der Waals surface area contributed by atoms with Crippen LogP contribution in [0.1, 0.15) is 25.7 Å². The summed E-state index contributed by atoms with van der Waals surface area (Å²) in [6.07, 6.45) is 3.33. The maximum atomic E-state index is 11.5. The maximum Gasteiger partial charge on any atom is 0.316 e. The molecule has 1 aliphatic rings. The summed E-state index contributed by atoms with van der Waals surface area (Å²) in [5.41, 5.74) is 0. The molecule has 0 N–H and O–H groups in total. The number of carbonyl (C=O) groups excluding carboxylic acids is 2. The van der Waals surface area contributed by atoms with Crippen molar-refractivity contribution in [3.63, 3.8) is 0 Å². The third-order valence-electron chi connectivity index (χ3n) is 2.37. The molecule has 0 radical (unpaired) electrons. The summed E-state index contributed by atoms with van der Waals surface area (Å²) in [4.78, 5) is 24.2. The maximum absolute atomic E-state index is 11.5. The third kappa shape index (κ3) is 4.64. The second-order valence-electron chi connectivity index (χ2n) is 3.55. The highest BCUT2D eigenvalue weighted by Gasteiger charge is 2.17. The van der Waals surface area contributed by atoms with Crippen LogP contribution in [0.4, 0.5) is 0 Å². The molecule has 86 valence electrons. The Morgan fingerprint density at radius 1 is 1.27 bits per heavy atom. The minimum Gasteiger partial charge on any atom is -0.465 e. The van der Waals surface area contributed by atoms with E-state index in [0.717, 1.165) is 25.9 Å². The van der Waals surface area contributed by atoms with Gasteiger partial charge in [-0.1, -0.05) is 15.9 Å². The first-order valence-electron chi connectivity index (χ1n) is 5.23. The van der Waals surface area contributed by atoms with Crippen molar-refractivity contribution >= 4 is 27.8 Å². The van der Waals surface area contributed by atoms with E-state index >= 15 is 0 Å². The second-order valence-corrected chi connectivity index (χ2v) is 4.11. The number of nitrogens with zero attached hydrogens (tertiary/aromatic N) is 1. The van der Waals surface area contributed by atoms with E-state index in [-0.39, 0.29) is 17.2 Å². The molecule has 1 fully saturated rings. The van der Waals surface area contributed by atoms with E-state index in [0.29, 0.717) is 19.4 Å². The SMILES string of the molecule is O=C(CBr)OCCCC(=O)N1CCCC1. The Balaban J connectivity index is 2.04. The molecule has 1 rings (SSSR count). The van der Waals surface area contributed by atoms with Crippen LogP contribution in [0.15, 0.2) is 0 Å². The number of hydrogen-bond donors (Lipinski definition) is 0. The Bertz CT molecular complexity index is 227. The highest BCUT2D eigenvalue weighted by molar-refractivity contribution is 9.09. The lowest BCUT2D eigenvalue weighted by molar-refractivity contribution is -0.141. The number of ether oxygens (including phenoxy) is 1. The van der Waals surface area contributed by atoms with Crippen molar-refractivity contribution in [3.8, 4) is 0 Å². The number of esters is 1. The minimum absolute atomic E-state index is 0.183. The van der Waals surface area contributed by atoms with Crippen LogP contribution in [0.2, 0.25) is 0 Å². The molecule has 0 aromatic rings. The average Bonchev–Trinajstić information content (AvgIpc) is 2.77. The number of hydrogen-bond acceptors (Lipinski definition) is 3. The van der Waals surface area contributed by atoms with Gasteiger partial charge in [-0.05, 0) is 19.3 Å². The lowest BCUT2D eigenvalue weighted by Gasteiger charge is -2.14. The number of likely N-dealkylation sites (tertiary alicyclic amines) is 1. The zero-order chi connectivity index (χ0) is 11.1. The standard InChI is InChI=1S/C10H16BrNO3/c11-8-10(14)15-7-3-4-9(13)12-5-1-2-6-12/h1-8H2. The van der Waals surface area contributed by atoms with Crippen molar-refractivity contribution in [2.24, 2.45) is 0 Å². The van der Waals surface area contributed by atoms with Crippen molar-refractivity contribution in [1.29, 1.82) is 0 Å². The van der Waals surface area contributed by atoms with Gasteiger partial charge in [-0.3, -0.25) is 9.59 Å². The Morgan fingerprint density at radius 3 is 2.53 bits per heavy atom. The van der Waals surface area contributed by atoms with Crippen LogP contribution in [0.3, 0.4) is 0 Å². The number of amides is 1. The number of alkyl halides is 1. The lowest BCUT2D eigenvalue weighted by Crippen LogP contribution is -2.27. The highest BCUT2D eigenvalue weighted by atomic mass is 79.9. The molecule has 1 saturated heterocycles. The molecule has 0 unspecified atom stereocenters. The highest BCUT2D eigenvalue weighted by Crippen LogP contribution is 2.09. The smallest absolute Gasteiger partial charge is 0.316 e. The van der Waals surface area contributed by atoms with Gasteiger partial charge in [0.05, 0.1) is 6.61 Å². The van der Waals surface area contributed by atoms with Crippen molar-refractivity contribution < 1.29 is 14.3 Å². The van der Waals surface area contributed by atoms with E-state index in [1.807, 2.05) is 4.90 Å². The number of rotatable bonds is 5. The summed E-state index contributed by atoms with van der Waals surface area (Å²) in [6, 6.07) is 0. The zero-order valence-corrected chi connectivity index (χ0v) is 10.3. The molecule has 15 heavy (non-hydrogen) atoms. The number of halogens is 1. The van der Waals surface area contributed by atoms with Gasteiger partial charge in [0.15, 0.2) is 0 Å². The lowest BCUT2D eigenvalue weighted by atomic mass is 10.3. The van der Waals surface area contributed by atoms with Crippen LogP contribution < -0.4 is 0 Å². The monoisotopic (exact) mass is 277 g/mol. The van der Waals surface area contributed by atoms with E-state index in [9.17, 15) is 9.59 Å². The summed E-state index contributed by atoms with van der Waals surface area (Å²) in [6.45, 7) is 2.12. The van der Waals surface area contributed by atoms with E-state index in [1.165, 1.54) is 0 Å². The van der Waals surface area contributed by atoms with E-state index in [2.05, 4.69) is 15.9 Å². The normalized spacial score (nSPS) is 15.4. The van der Waals surface area contributed by atoms with Gasteiger partial charge < -0.3 is 9.64 Å². The molecular formula is C10H16BrNO3. The molecule has 0 spiro atoms. The Morgan fingerprint density at radius 2 is 1.93 bits per heavy atom. The average molecular weight is 278 g/mol. The molecule has 0 atom stereocenters. The fourth-order valence-corrected chi connectivity index (χ4v) is 1.73. The fourth-order valence-electron chi connectivity index (χ4n) is 1.57. The number of carbonyl (C=O) groups is 2. The van der Waals surface area contributed by atoms with Crippen LogP contribution in [-0.4, -0.2) is 41.8 Å². The Hall–Kier alpha value is -0.580. The van der Waals surface area contributed by atoms with Crippen molar-refractivity contribution in [3.05, 3.63) is 0 Å². The van der Waals surface area contributed by atoms with Crippen molar-refractivity contribution in [2.45, 2.75) is 25.7 Å². The molecule has 0 aromatic carbocycles. The molecule has 0 saturated carbocycles. The Kier molecular flexibility index (Phi) is 5.68. The summed E-state index contributed by atoms with van der Waals surface area (Å²) in [5.74, 6) is -0.0917. The first-order valence-corrected chi connectivity index (χ1v) is 6.35. The topological polar surface area (TPSA) is 46.6 Å². The molecule has 4 nitrogen and oxygen atoms in total. The largest absolute Gasteiger partial charge is 0.465 e. The van der Waals surface area contributed by atoms with Crippen LogP contribution in [0.25, 0.3) is 0 Å². The predicted molar refractivity (Wildman–Crippen MR) is 59.8 cm³/mol. The van der Waals surface area contributed by atoms with Gasteiger partial charge in [0.1, 0.15) is 5.33 Å². The fraction of sp³-hybridized carbons (Fsp3) is 0.800. The quantitative estimate of drug-likeness (QED) is 0.433. The minimum atomic E-state index is -0.274. The first kappa shape index (κ1) is 12.5. The van der Waals surface area contributed by atoms with Gasteiger partial charge >= 0.3 is 5.97 Å². The summed E-state index contributed by atoms with van der Waals surface area (Å²) in [7, 11) is 0. The molecule has 1 aliphatic heterocycles. The van der Waals surface area contributed by atoms with E-state index in [1.54, 1.807) is 0 Å². The van der Waals surface area contributed by atoms with Gasteiger partial charge in [-0.2, -0.15) is 0 Å². The molecule has 5 heteroatoms. The third-order valence-corrected chi connectivity index (χ3v) is 2.82. The van der Waals surface area contributed by atoms with Crippen molar-refractivity contribution in [2.75, 3.05) is 25.0 Å². The zero-order valence-electron chi connectivity index (χ0n) is 8.71. The van der Waals surface area contributed by atoms with E-state index < -0.39 is 0 Å². The molecule has 0 aromatic heterocycles. The van der Waals surface area contributed by atoms with Gasteiger partial charge in [-0.15, -0.1) is 0 Å². The summed E-state index contributed by atoms with van der Waals surface area (Å²) in [5, 5.41) is 0.215. The molecule has 1 heterocycles. The van der Waals surface area contributed by atoms with Gasteiger partial charge in [0, 0.05) is 19.5 Å². The van der Waals surface area contributed by atoms with E-state index in [4.69, 9.17) is 4.74 Å². The van der Waals surface area contributed by atoms with Gasteiger partial charge in [0.25, 0.3) is 0 Å². The van der Waals surface area contributed by atoms with Gasteiger partial charge in [0.2, 0.25) is 5.91 Å². The van der Waals surface area contributed by atoms with Crippen LogP contribution in [0, 0.1) is 0 Å². The van der Waals surface area contributed by atoms with Gasteiger partial charge in [-0.25, -0.2) is 0 Å². The molecular weight excluding hydrogens is 262 g/mol.